The third kappa shape index (κ3) is 4.50. The van der Waals surface area contributed by atoms with E-state index in [0.717, 1.165) is 17.7 Å². The summed E-state index contributed by atoms with van der Waals surface area (Å²) in [5.41, 5.74) is 7.43. The average Bonchev–Trinajstić information content (AvgIpc) is 2.97. The van der Waals surface area contributed by atoms with Crippen LogP contribution in [0.2, 0.25) is 0 Å². The van der Waals surface area contributed by atoms with Crippen LogP contribution in [0.15, 0.2) is 54.6 Å². The maximum atomic E-state index is 12.7. The lowest BCUT2D eigenvalue weighted by atomic mass is 10.1. The molecule has 2 N–H and O–H groups in total. The number of nitriles is 1. The average molecular weight is 386 g/mol. The highest BCUT2D eigenvalue weighted by atomic mass is 19.4. The number of rotatable bonds is 6. The van der Waals surface area contributed by atoms with Crippen molar-refractivity contribution in [2.75, 3.05) is 5.73 Å². The highest BCUT2D eigenvalue weighted by Crippen LogP contribution is 2.29. The van der Waals surface area contributed by atoms with Crippen molar-refractivity contribution in [2.24, 2.45) is 0 Å². The fraction of sp³-hybridized carbons (Fsp3) is 0.200. The van der Waals surface area contributed by atoms with E-state index in [1.807, 2.05) is 36.4 Å². The Hall–Kier alpha value is -3.31. The second kappa shape index (κ2) is 8.15. The Morgan fingerprint density at radius 3 is 2.29 bits per heavy atom. The molecule has 0 atom stereocenters. The Morgan fingerprint density at radius 2 is 1.68 bits per heavy atom. The van der Waals surface area contributed by atoms with Crippen molar-refractivity contribution >= 4 is 5.82 Å². The van der Waals surface area contributed by atoms with E-state index >= 15 is 0 Å². The van der Waals surface area contributed by atoms with Gasteiger partial charge in [-0.3, -0.25) is 0 Å². The first-order valence-electron chi connectivity index (χ1n) is 8.41. The van der Waals surface area contributed by atoms with Gasteiger partial charge in [0.1, 0.15) is 23.1 Å². The van der Waals surface area contributed by atoms with Gasteiger partial charge in [-0.15, -0.1) is 0 Å². The molecule has 0 fully saturated rings. The van der Waals surface area contributed by atoms with Crippen LogP contribution in [0.5, 0.6) is 0 Å². The summed E-state index contributed by atoms with van der Waals surface area (Å²) in [6.07, 6.45) is -4.39. The third-order valence-electron chi connectivity index (χ3n) is 4.14. The standard InChI is InChI=1S/C20H17F3N4O/c21-20(22,23)16-8-6-14(7-9-16)11-27-19(25)17(10-24)18(26-27)13-28-12-15-4-2-1-3-5-15/h1-9H,11-13,25H2. The summed E-state index contributed by atoms with van der Waals surface area (Å²) in [7, 11) is 0. The molecule has 0 radical (unpaired) electrons. The van der Waals surface area contributed by atoms with E-state index in [1.165, 1.54) is 16.8 Å². The lowest BCUT2D eigenvalue weighted by Gasteiger charge is -2.08. The predicted octanol–water partition coefficient (Wildman–Crippen LogP) is 4.12. The lowest BCUT2D eigenvalue weighted by Crippen LogP contribution is -2.08. The number of nitrogens with two attached hydrogens (primary N) is 1. The van der Waals surface area contributed by atoms with Crippen LogP contribution < -0.4 is 5.73 Å². The molecule has 0 saturated heterocycles. The first-order chi connectivity index (χ1) is 13.4. The maximum Gasteiger partial charge on any atom is 0.416 e. The second-order valence-corrected chi connectivity index (χ2v) is 6.15. The number of nitrogens with zero attached hydrogens (tertiary/aromatic N) is 3. The molecule has 144 valence electrons. The first-order valence-corrected chi connectivity index (χ1v) is 8.41. The zero-order valence-electron chi connectivity index (χ0n) is 14.8. The largest absolute Gasteiger partial charge is 0.416 e. The van der Waals surface area contributed by atoms with Gasteiger partial charge < -0.3 is 10.5 Å². The minimum absolute atomic E-state index is 0.0992. The zero-order chi connectivity index (χ0) is 20.1. The number of hydrogen-bond donors (Lipinski definition) is 1. The Bertz CT molecular complexity index is 974. The quantitative estimate of drug-likeness (QED) is 0.691. The monoisotopic (exact) mass is 386 g/mol. The number of benzene rings is 2. The third-order valence-corrected chi connectivity index (χ3v) is 4.14. The predicted molar refractivity (Wildman–Crippen MR) is 96.8 cm³/mol. The van der Waals surface area contributed by atoms with E-state index in [1.54, 1.807) is 0 Å². The van der Waals surface area contributed by atoms with Crippen LogP contribution in [-0.2, 0) is 30.7 Å². The molecule has 0 spiro atoms. The van der Waals surface area contributed by atoms with Gasteiger partial charge in [0, 0.05) is 0 Å². The smallest absolute Gasteiger partial charge is 0.383 e. The minimum Gasteiger partial charge on any atom is -0.383 e. The van der Waals surface area contributed by atoms with Gasteiger partial charge in [-0.2, -0.15) is 23.5 Å². The van der Waals surface area contributed by atoms with Crippen molar-refractivity contribution in [3.05, 3.63) is 82.5 Å². The molecule has 1 aromatic heterocycles. The molecule has 0 amide bonds. The van der Waals surface area contributed by atoms with Crippen LogP contribution in [0.3, 0.4) is 0 Å². The summed E-state index contributed by atoms with van der Waals surface area (Å²) in [6, 6.07) is 16.3. The number of ether oxygens (including phenoxy) is 1. The van der Waals surface area contributed by atoms with Crippen molar-refractivity contribution in [1.82, 2.24) is 9.78 Å². The Labute approximate surface area is 159 Å². The Balaban J connectivity index is 1.71. The molecule has 0 bridgehead atoms. The fourth-order valence-corrected chi connectivity index (χ4v) is 2.68. The summed E-state index contributed by atoms with van der Waals surface area (Å²) in [4.78, 5) is 0. The molecule has 0 aliphatic heterocycles. The molecule has 0 aliphatic rings. The van der Waals surface area contributed by atoms with Gasteiger partial charge in [0.25, 0.3) is 0 Å². The molecule has 1 heterocycles. The number of alkyl halides is 3. The van der Waals surface area contributed by atoms with E-state index in [2.05, 4.69) is 5.10 Å². The van der Waals surface area contributed by atoms with E-state index in [0.29, 0.717) is 17.9 Å². The summed E-state index contributed by atoms with van der Waals surface area (Å²) in [6.45, 7) is 0.608. The number of aromatic nitrogens is 2. The van der Waals surface area contributed by atoms with Crippen molar-refractivity contribution in [3.8, 4) is 6.07 Å². The lowest BCUT2D eigenvalue weighted by molar-refractivity contribution is -0.137. The van der Waals surface area contributed by atoms with Crippen LogP contribution in [-0.4, -0.2) is 9.78 Å². The summed E-state index contributed by atoms with van der Waals surface area (Å²) >= 11 is 0. The molecule has 0 unspecified atom stereocenters. The first kappa shape index (κ1) is 19.5. The topological polar surface area (TPSA) is 76.9 Å². The Morgan fingerprint density at radius 1 is 1.00 bits per heavy atom. The molecule has 3 aromatic rings. The summed E-state index contributed by atoms with van der Waals surface area (Å²) < 4.78 is 45.0. The zero-order valence-corrected chi connectivity index (χ0v) is 14.8. The number of hydrogen-bond acceptors (Lipinski definition) is 4. The molecular weight excluding hydrogens is 369 g/mol. The van der Waals surface area contributed by atoms with Crippen molar-refractivity contribution in [1.29, 1.82) is 5.26 Å². The van der Waals surface area contributed by atoms with E-state index in [-0.39, 0.29) is 24.5 Å². The molecule has 2 aromatic carbocycles. The van der Waals surface area contributed by atoms with Gasteiger partial charge in [0.2, 0.25) is 0 Å². The van der Waals surface area contributed by atoms with E-state index in [4.69, 9.17) is 10.5 Å². The fourth-order valence-electron chi connectivity index (χ4n) is 2.68. The van der Waals surface area contributed by atoms with Crippen LogP contribution in [0.4, 0.5) is 19.0 Å². The molecule has 3 rings (SSSR count). The Kier molecular flexibility index (Phi) is 5.66. The van der Waals surface area contributed by atoms with Gasteiger partial charge in [0.05, 0.1) is 25.3 Å². The van der Waals surface area contributed by atoms with Gasteiger partial charge in [-0.25, -0.2) is 4.68 Å². The highest BCUT2D eigenvalue weighted by molar-refractivity contribution is 5.52. The van der Waals surface area contributed by atoms with E-state index < -0.39 is 11.7 Å². The van der Waals surface area contributed by atoms with E-state index in [9.17, 15) is 18.4 Å². The molecule has 0 aliphatic carbocycles. The van der Waals surface area contributed by atoms with Crippen LogP contribution in [0, 0.1) is 11.3 Å². The van der Waals surface area contributed by atoms with Gasteiger partial charge in [-0.1, -0.05) is 42.5 Å². The van der Waals surface area contributed by atoms with Gasteiger partial charge in [0.15, 0.2) is 0 Å². The summed E-state index contributed by atoms with van der Waals surface area (Å²) in [5, 5.41) is 13.7. The molecule has 8 heteroatoms. The normalized spacial score (nSPS) is 11.4. The van der Waals surface area contributed by atoms with Crippen LogP contribution in [0.1, 0.15) is 27.9 Å². The summed E-state index contributed by atoms with van der Waals surface area (Å²) in [5.74, 6) is 0.153. The van der Waals surface area contributed by atoms with Crippen LogP contribution >= 0.6 is 0 Å². The number of anilines is 1. The molecule has 28 heavy (non-hydrogen) atoms. The highest BCUT2D eigenvalue weighted by Gasteiger charge is 2.30. The second-order valence-electron chi connectivity index (χ2n) is 6.15. The molecule has 5 nitrogen and oxygen atoms in total. The number of halogens is 3. The van der Waals surface area contributed by atoms with Crippen LogP contribution in [0.25, 0.3) is 0 Å². The van der Waals surface area contributed by atoms with Crippen molar-refractivity contribution < 1.29 is 17.9 Å². The molecular formula is C20H17F3N4O. The molecule has 0 saturated carbocycles. The number of nitrogen functional groups attached to an aromatic ring is 1. The SMILES string of the molecule is N#Cc1c(COCc2ccccc2)nn(Cc2ccc(C(F)(F)F)cc2)c1N. The van der Waals surface area contributed by atoms with Crippen molar-refractivity contribution in [2.45, 2.75) is 25.9 Å². The van der Waals surface area contributed by atoms with Gasteiger partial charge in [-0.05, 0) is 23.3 Å². The van der Waals surface area contributed by atoms with Gasteiger partial charge >= 0.3 is 6.18 Å². The van der Waals surface area contributed by atoms with Crippen molar-refractivity contribution in [3.63, 3.8) is 0 Å². The minimum atomic E-state index is -4.39. The maximum absolute atomic E-state index is 12.7.